The van der Waals surface area contributed by atoms with Crippen molar-refractivity contribution in [2.75, 3.05) is 13.1 Å². The largest absolute Gasteiger partial charge is 0.316 e. The van der Waals surface area contributed by atoms with E-state index in [1.165, 1.54) is 70.9 Å². The normalized spacial score (nSPS) is 19.1. The van der Waals surface area contributed by atoms with Gasteiger partial charge in [0.05, 0.1) is 0 Å². The van der Waals surface area contributed by atoms with Crippen LogP contribution >= 0.6 is 0 Å². The molecule has 0 aliphatic heterocycles. The third kappa shape index (κ3) is 5.90. The quantitative estimate of drug-likeness (QED) is 0.572. The van der Waals surface area contributed by atoms with Gasteiger partial charge in [0.1, 0.15) is 0 Å². The van der Waals surface area contributed by atoms with E-state index in [0.29, 0.717) is 5.41 Å². The topological polar surface area (TPSA) is 12.0 Å². The highest BCUT2D eigenvalue weighted by Crippen LogP contribution is 2.42. The molecule has 0 atom stereocenters. The van der Waals surface area contributed by atoms with Crippen LogP contribution in [0.3, 0.4) is 0 Å². The fourth-order valence-electron chi connectivity index (χ4n) is 3.47. The molecule has 1 saturated carbocycles. The van der Waals surface area contributed by atoms with Crippen LogP contribution in [0.2, 0.25) is 0 Å². The Kier molecular flexibility index (Phi) is 7.18. The predicted octanol–water partition coefficient (Wildman–Crippen LogP) is 4.76. The summed E-state index contributed by atoms with van der Waals surface area (Å²) in [4.78, 5) is 0. The Hall–Kier alpha value is -0.0400. The first-order valence-corrected chi connectivity index (χ1v) is 7.89. The molecule has 0 aromatic rings. The maximum absolute atomic E-state index is 3.73. The summed E-state index contributed by atoms with van der Waals surface area (Å²) >= 11 is 0. The fourth-order valence-corrected chi connectivity index (χ4v) is 3.47. The van der Waals surface area contributed by atoms with Crippen molar-refractivity contribution in [3.05, 3.63) is 0 Å². The number of rotatable bonds is 9. The van der Waals surface area contributed by atoms with Crippen LogP contribution in [0.4, 0.5) is 0 Å². The molecule has 0 amide bonds. The molecule has 0 aromatic carbocycles. The molecule has 1 aliphatic carbocycles. The van der Waals surface area contributed by atoms with Gasteiger partial charge in [-0.15, -0.1) is 0 Å². The molecule has 0 saturated heterocycles. The van der Waals surface area contributed by atoms with E-state index in [-0.39, 0.29) is 0 Å². The van der Waals surface area contributed by atoms with Crippen molar-refractivity contribution in [3.8, 4) is 0 Å². The summed E-state index contributed by atoms with van der Waals surface area (Å²) in [5.74, 6) is 0.856. The maximum Gasteiger partial charge on any atom is 0.000790 e. The van der Waals surface area contributed by atoms with Gasteiger partial charge in [-0.2, -0.15) is 0 Å². The zero-order valence-corrected chi connectivity index (χ0v) is 12.4. The molecule has 17 heavy (non-hydrogen) atoms. The van der Waals surface area contributed by atoms with Crippen LogP contribution in [-0.2, 0) is 0 Å². The second kappa shape index (κ2) is 8.13. The van der Waals surface area contributed by atoms with Crippen molar-refractivity contribution < 1.29 is 0 Å². The molecule has 0 aromatic heterocycles. The number of hydrogen-bond acceptors (Lipinski definition) is 1. The minimum absolute atomic E-state index is 0.652. The van der Waals surface area contributed by atoms with Crippen molar-refractivity contribution in [1.82, 2.24) is 5.32 Å². The van der Waals surface area contributed by atoms with E-state index in [4.69, 9.17) is 0 Å². The van der Waals surface area contributed by atoms with Gasteiger partial charge in [0, 0.05) is 6.54 Å². The first kappa shape index (κ1) is 15.0. The summed E-state index contributed by atoms with van der Waals surface area (Å²) in [6.45, 7) is 9.55. The Morgan fingerprint density at radius 1 is 1.06 bits per heavy atom. The fraction of sp³-hybridized carbons (Fsp3) is 1.00. The molecular formula is C16H33N. The Bertz CT molecular complexity index is 180. The Morgan fingerprint density at radius 3 is 2.35 bits per heavy atom. The maximum atomic E-state index is 3.73. The zero-order chi connectivity index (χ0) is 12.6. The molecule has 1 nitrogen and oxygen atoms in total. The van der Waals surface area contributed by atoms with Gasteiger partial charge >= 0.3 is 0 Å². The van der Waals surface area contributed by atoms with Gasteiger partial charge in [0.2, 0.25) is 0 Å². The summed E-state index contributed by atoms with van der Waals surface area (Å²) in [5, 5.41) is 3.73. The van der Waals surface area contributed by atoms with Crippen molar-refractivity contribution in [1.29, 1.82) is 0 Å². The van der Waals surface area contributed by atoms with Crippen LogP contribution < -0.4 is 5.32 Å². The standard InChI is InChI=1S/C16H33N/c1-4-5-6-9-12-17-14-16(13-15(2)3)10-7-8-11-16/h15,17H,4-14H2,1-3H3. The lowest BCUT2D eigenvalue weighted by Crippen LogP contribution is -2.33. The van der Waals surface area contributed by atoms with E-state index in [2.05, 4.69) is 26.1 Å². The van der Waals surface area contributed by atoms with E-state index >= 15 is 0 Å². The van der Waals surface area contributed by atoms with Gasteiger partial charge in [-0.1, -0.05) is 52.9 Å². The predicted molar refractivity (Wildman–Crippen MR) is 77.4 cm³/mol. The minimum atomic E-state index is 0.652. The van der Waals surface area contributed by atoms with Crippen LogP contribution in [0, 0.1) is 11.3 Å². The highest BCUT2D eigenvalue weighted by molar-refractivity contribution is 4.87. The van der Waals surface area contributed by atoms with Crippen LogP contribution in [0.25, 0.3) is 0 Å². The van der Waals surface area contributed by atoms with E-state index in [1.807, 2.05) is 0 Å². The molecule has 0 heterocycles. The number of hydrogen-bond donors (Lipinski definition) is 1. The van der Waals surface area contributed by atoms with Crippen molar-refractivity contribution in [2.24, 2.45) is 11.3 Å². The van der Waals surface area contributed by atoms with E-state index < -0.39 is 0 Å². The average molecular weight is 239 g/mol. The van der Waals surface area contributed by atoms with Crippen LogP contribution in [-0.4, -0.2) is 13.1 Å². The molecule has 1 N–H and O–H groups in total. The van der Waals surface area contributed by atoms with Crippen LogP contribution in [0.5, 0.6) is 0 Å². The molecule has 1 rings (SSSR count). The third-order valence-corrected chi connectivity index (χ3v) is 4.21. The average Bonchev–Trinajstić information content (AvgIpc) is 2.71. The van der Waals surface area contributed by atoms with Crippen molar-refractivity contribution in [3.63, 3.8) is 0 Å². The Morgan fingerprint density at radius 2 is 1.76 bits per heavy atom. The van der Waals surface area contributed by atoms with Gasteiger partial charge in [0.25, 0.3) is 0 Å². The summed E-state index contributed by atoms with van der Waals surface area (Å²) in [5.41, 5.74) is 0.652. The van der Waals surface area contributed by atoms with Gasteiger partial charge in [-0.05, 0) is 43.6 Å². The SMILES string of the molecule is CCCCCCNCC1(CC(C)C)CCCC1. The second-order valence-corrected chi connectivity index (χ2v) is 6.54. The first-order chi connectivity index (χ1) is 8.18. The molecule has 1 fully saturated rings. The van der Waals surface area contributed by atoms with E-state index in [0.717, 1.165) is 5.92 Å². The van der Waals surface area contributed by atoms with Gasteiger partial charge in [0.15, 0.2) is 0 Å². The highest BCUT2D eigenvalue weighted by Gasteiger charge is 2.33. The lowest BCUT2D eigenvalue weighted by Gasteiger charge is -2.31. The Labute approximate surface area is 109 Å². The first-order valence-electron chi connectivity index (χ1n) is 7.89. The van der Waals surface area contributed by atoms with E-state index in [1.54, 1.807) is 0 Å². The zero-order valence-electron chi connectivity index (χ0n) is 12.4. The lowest BCUT2D eigenvalue weighted by atomic mass is 9.78. The van der Waals surface area contributed by atoms with Crippen LogP contribution in [0.1, 0.15) is 78.6 Å². The molecule has 0 unspecified atom stereocenters. The summed E-state index contributed by atoms with van der Waals surface area (Å²) in [7, 11) is 0. The monoisotopic (exact) mass is 239 g/mol. The summed E-state index contributed by atoms with van der Waals surface area (Å²) < 4.78 is 0. The van der Waals surface area contributed by atoms with Crippen LogP contribution in [0.15, 0.2) is 0 Å². The minimum Gasteiger partial charge on any atom is -0.316 e. The van der Waals surface area contributed by atoms with Gasteiger partial charge in [-0.3, -0.25) is 0 Å². The second-order valence-electron chi connectivity index (χ2n) is 6.54. The molecule has 0 bridgehead atoms. The summed E-state index contributed by atoms with van der Waals surface area (Å²) in [6, 6.07) is 0. The summed E-state index contributed by atoms with van der Waals surface area (Å²) in [6.07, 6.45) is 12.8. The van der Waals surface area contributed by atoms with Gasteiger partial charge < -0.3 is 5.32 Å². The molecule has 0 spiro atoms. The third-order valence-electron chi connectivity index (χ3n) is 4.21. The molecule has 102 valence electrons. The molecule has 0 radical (unpaired) electrons. The smallest absolute Gasteiger partial charge is 0.000790 e. The highest BCUT2D eigenvalue weighted by atomic mass is 14.9. The Balaban J connectivity index is 2.16. The number of nitrogens with one attached hydrogen (secondary N) is 1. The van der Waals surface area contributed by atoms with E-state index in [9.17, 15) is 0 Å². The van der Waals surface area contributed by atoms with Crippen molar-refractivity contribution in [2.45, 2.75) is 78.6 Å². The molecule has 1 heteroatoms. The number of unbranched alkanes of at least 4 members (excludes halogenated alkanes) is 3. The van der Waals surface area contributed by atoms with Crippen molar-refractivity contribution >= 4 is 0 Å². The molecule has 1 aliphatic rings. The lowest BCUT2D eigenvalue weighted by molar-refractivity contribution is 0.224. The van der Waals surface area contributed by atoms with Gasteiger partial charge in [-0.25, -0.2) is 0 Å². The molecular weight excluding hydrogens is 206 g/mol.